The fourth-order valence-corrected chi connectivity index (χ4v) is 1.72. The van der Waals surface area contributed by atoms with Crippen molar-refractivity contribution >= 4 is 0 Å². The number of hydrogen-bond donors (Lipinski definition) is 2. The van der Waals surface area contributed by atoms with E-state index in [0.717, 1.165) is 12.5 Å². The Balaban J connectivity index is 2.08. The zero-order chi connectivity index (χ0) is 5.61. The highest BCUT2D eigenvalue weighted by Gasteiger charge is 2.56. The van der Waals surface area contributed by atoms with Gasteiger partial charge in [-0.15, -0.1) is 0 Å². The Morgan fingerprint density at radius 3 is 2.88 bits per heavy atom. The van der Waals surface area contributed by atoms with Crippen molar-refractivity contribution in [2.24, 2.45) is 5.92 Å². The Morgan fingerprint density at radius 1 is 1.75 bits per heavy atom. The van der Waals surface area contributed by atoms with Gasteiger partial charge in [0.15, 0.2) is 0 Å². The van der Waals surface area contributed by atoms with E-state index in [0.29, 0.717) is 6.61 Å². The predicted molar refractivity (Wildman–Crippen MR) is 30.5 cm³/mol. The molecule has 0 aromatic rings. The molecular formula is C6H11NO. The molecule has 0 amide bonds. The monoisotopic (exact) mass is 113 g/mol. The maximum Gasteiger partial charge on any atom is 0.0616 e. The molecule has 1 heterocycles. The smallest absolute Gasteiger partial charge is 0.0616 e. The average Bonchev–Trinajstić information content (AvgIpc) is 2.38. The molecule has 8 heavy (non-hydrogen) atoms. The molecule has 2 aliphatic rings. The second kappa shape index (κ2) is 1.25. The van der Waals surface area contributed by atoms with Crippen LogP contribution < -0.4 is 5.32 Å². The number of rotatable bonds is 1. The van der Waals surface area contributed by atoms with Crippen LogP contribution in [0.1, 0.15) is 12.8 Å². The van der Waals surface area contributed by atoms with Crippen molar-refractivity contribution in [3.8, 4) is 0 Å². The summed E-state index contributed by atoms with van der Waals surface area (Å²) in [6.07, 6.45) is 2.49. The van der Waals surface area contributed by atoms with Crippen LogP contribution in [0.15, 0.2) is 0 Å². The first kappa shape index (κ1) is 4.77. The van der Waals surface area contributed by atoms with E-state index < -0.39 is 0 Å². The largest absolute Gasteiger partial charge is 0.394 e. The first-order chi connectivity index (χ1) is 3.87. The SMILES string of the molecule is OC[C@]12C[C@@H]1CCN2. The molecule has 2 rings (SSSR count). The Kier molecular flexibility index (Phi) is 0.746. The van der Waals surface area contributed by atoms with Crippen LogP contribution in [0.4, 0.5) is 0 Å². The Morgan fingerprint density at radius 2 is 2.62 bits per heavy atom. The lowest BCUT2D eigenvalue weighted by Gasteiger charge is -2.06. The molecule has 2 atom stereocenters. The number of aliphatic hydroxyl groups is 1. The van der Waals surface area contributed by atoms with Gasteiger partial charge in [-0.25, -0.2) is 0 Å². The summed E-state index contributed by atoms with van der Waals surface area (Å²) in [5, 5.41) is 12.1. The summed E-state index contributed by atoms with van der Waals surface area (Å²) in [5.41, 5.74) is 0.208. The standard InChI is InChI=1S/C6H11NO/c8-4-6-3-5(6)1-2-7-6/h5,7-8H,1-4H2/t5-,6+/m0/s1. The van der Waals surface area contributed by atoms with Crippen LogP contribution in [-0.4, -0.2) is 23.8 Å². The second-order valence-corrected chi connectivity index (χ2v) is 2.93. The van der Waals surface area contributed by atoms with E-state index in [2.05, 4.69) is 5.32 Å². The van der Waals surface area contributed by atoms with Gasteiger partial charge in [0.2, 0.25) is 0 Å². The van der Waals surface area contributed by atoms with Crippen LogP contribution in [0.5, 0.6) is 0 Å². The first-order valence-corrected chi connectivity index (χ1v) is 3.23. The molecule has 2 heteroatoms. The molecule has 0 aromatic heterocycles. The molecule has 46 valence electrons. The molecule has 0 bridgehead atoms. The molecule has 1 aliphatic heterocycles. The van der Waals surface area contributed by atoms with E-state index in [4.69, 9.17) is 5.11 Å². The van der Waals surface area contributed by atoms with Gasteiger partial charge in [0, 0.05) is 5.54 Å². The van der Waals surface area contributed by atoms with E-state index in [9.17, 15) is 0 Å². The van der Waals surface area contributed by atoms with Crippen LogP contribution in [-0.2, 0) is 0 Å². The van der Waals surface area contributed by atoms with Crippen LogP contribution >= 0.6 is 0 Å². The molecule has 1 saturated heterocycles. The van der Waals surface area contributed by atoms with Crippen LogP contribution in [0.25, 0.3) is 0 Å². The molecule has 1 saturated carbocycles. The third kappa shape index (κ3) is 0.400. The summed E-state index contributed by atoms with van der Waals surface area (Å²) in [4.78, 5) is 0. The number of fused-ring (bicyclic) bond motifs is 1. The zero-order valence-electron chi connectivity index (χ0n) is 4.85. The van der Waals surface area contributed by atoms with Gasteiger partial charge in [0.05, 0.1) is 6.61 Å². The van der Waals surface area contributed by atoms with Crippen molar-refractivity contribution in [1.29, 1.82) is 0 Å². The van der Waals surface area contributed by atoms with Crippen LogP contribution in [0, 0.1) is 5.92 Å². The first-order valence-electron chi connectivity index (χ1n) is 3.23. The Hall–Kier alpha value is -0.0800. The third-order valence-corrected chi connectivity index (χ3v) is 2.48. The lowest BCUT2D eigenvalue weighted by atomic mass is 10.2. The second-order valence-electron chi connectivity index (χ2n) is 2.93. The number of aliphatic hydroxyl groups excluding tert-OH is 1. The van der Waals surface area contributed by atoms with Gasteiger partial charge in [-0.05, 0) is 25.3 Å². The summed E-state index contributed by atoms with van der Waals surface area (Å²) in [6, 6.07) is 0. The highest BCUT2D eigenvalue weighted by molar-refractivity contribution is 5.13. The van der Waals surface area contributed by atoms with E-state index in [-0.39, 0.29) is 5.54 Å². The average molecular weight is 113 g/mol. The van der Waals surface area contributed by atoms with Crippen molar-refractivity contribution < 1.29 is 5.11 Å². The number of piperidine rings is 1. The molecule has 2 N–H and O–H groups in total. The fraction of sp³-hybridized carbons (Fsp3) is 1.00. The van der Waals surface area contributed by atoms with Gasteiger partial charge in [0.25, 0.3) is 0 Å². The fourth-order valence-electron chi connectivity index (χ4n) is 1.72. The van der Waals surface area contributed by atoms with Crippen molar-refractivity contribution in [3.05, 3.63) is 0 Å². The van der Waals surface area contributed by atoms with E-state index in [1.165, 1.54) is 12.8 Å². The minimum Gasteiger partial charge on any atom is -0.394 e. The lowest BCUT2D eigenvalue weighted by molar-refractivity contribution is 0.236. The molecule has 0 radical (unpaired) electrons. The summed E-state index contributed by atoms with van der Waals surface area (Å²) < 4.78 is 0. The normalized spacial score (nSPS) is 51.4. The van der Waals surface area contributed by atoms with E-state index >= 15 is 0 Å². The number of nitrogens with one attached hydrogen (secondary N) is 1. The minimum absolute atomic E-state index is 0.208. The van der Waals surface area contributed by atoms with Crippen molar-refractivity contribution in [2.75, 3.05) is 13.2 Å². The van der Waals surface area contributed by atoms with E-state index in [1.54, 1.807) is 0 Å². The highest BCUT2D eigenvalue weighted by Crippen LogP contribution is 2.48. The summed E-state index contributed by atoms with van der Waals surface area (Å²) >= 11 is 0. The third-order valence-electron chi connectivity index (χ3n) is 2.48. The lowest BCUT2D eigenvalue weighted by Crippen LogP contribution is -2.31. The maximum absolute atomic E-state index is 8.80. The predicted octanol–water partition coefficient (Wildman–Crippen LogP) is -0.269. The topological polar surface area (TPSA) is 32.3 Å². The van der Waals surface area contributed by atoms with Crippen LogP contribution in [0.2, 0.25) is 0 Å². The van der Waals surface area contributed by atoms with Gasteiger partial charge >= 0.3 is 0 Å². The maximum atomic E-state index is 8.80. The minimum atomic E-state index is 0.208. The van der Waals surface area contributed by atoms with Crippen molar-refractivity contribution in [1.82, 2.24) is 5.32 Å². The zero-order valence-corrected chi connectivity index (χ0v) is 4.85. The Bertz CT molecular complexity index is 111. The molecule has 2 nitrogen and oxygen atoms in total. The molecule has 0 aromatic carbocycles. The van der Waals surface area contributed by atoms with Crippen LogP contribution in [0.3, 0.4) is 0 Å². The quantitative estimate of drug-likeness (QED) is 0.490. The highest BCUT2D eigenvalue weighted by atomic mass is 16.3. The summed E-state index contributed by atoms with van der Waals surface area (Å²) in [6.45, 7) is 1.46. The Labute approximate surface area is 48.9 Å². The van der Waals surface area contributed by atoms with Gasteiger partial charge in [-0.1, -0.05) is 0 Å². The van der Waals surface area contributed by atoms with Gasteiger partial charge in [0.1, 0.15) is 0 Å². The van der Waals surface area contributed by atoms with Gasteiger partial charge in [-0.2, -0.15) is 0 Å². The molecule has 0 spiro atoms. The molecule has 2 fully saturated rings. The van der Waals surface area contributed by atoms with Gasteiger partial charge < -0.3 is 10.4 Å². The van der Waals surface area contributed by atoms with Crippen molar-refractivity contribution in [3.63, 3.8) is 0 Å². The number of hydrogen-bond acceptors (Lipinski definition) is 2. The molecule has 1 aliphatic carbocycles. The van der Waals surface area contributed by atoms with Gasteiger partial charge in [-0.3, -0.25) is 0 Å². The van der Waals surface area contributed by atoms with Crippen molar-refractivity contribution in [2.45, 2.75) is 18.4 Å². The molecular weight excluding hydrogens is 102 g/mol. The molecule has 0 unspecified atom stereocenters. The summed E-state index contributed by atoms with van der Waals surface area (Å²) in [5.74, 6) is 0.812. The summed E-state index contributed by atoms with van der Waals surface area (Å²) in [7, 11) is 0. The van der Waals surface area contributed by atoms with E-state index in [1.807, 2.05) is 0 Å².